The number of aryl methyl sites for hydroxylation is 1. The van der Waals surface area contributed by atoms with E-state index < -0.39 is 12.0 Å². The van der Waals surface area contributed by atoms with Crippen molar-refractivity contribution in [3.8, 4) is 11.5 Å². The second-order valence-electron chi connectivity index (χ2n) is 7.65. The summed E-state index contributed by atoms with van der Waals surface area (Å²) in [5.41, 5.74) is 3.84. The van der Waals surface area contributed by atoms with Crippen LogP contribution in [0.3, 0.4) is 0 Å². The van der Waals surface area contributed by atoms with Crippen LogP contribution in [0.25, 0.3) is 0 Å². The van der Waals surface area contributed by atoms with Gasteiger partial charge in [0.25, 0.3) is 5.91 Å². The van der Waals surface area contributed by atoms with Gasteiger partial charge in [0.1, 0.15) is 18.1 Å². The maximum Gasteiger partial charge on any atom is 0.253 e. The number of fused-ring (bicyclic) bond motifs is 1. The van der Waals surface area contributed by atoms with E-state index in [0.29, 0.717) is 24.3 Å². The molecule has 0 fully saturated rings. The molecule has 154 valence electrons. The van der Waals surface area contributed by atoms with Gasteiger partial charge in [-0.25, -0.2) is 0 Å². The van der Waals surface area contributed by atoms with Crippen LogP contribution in [0.5, 0.6) is 11.5 Å². The lowest BCUT2D eigenvalue weighted by Gasteiger charge is -2.26. The fourth-order valence-corrected chi connectivity index (χ4v) is 3.79. The molecule has 0 spiro atoms. The van der Waals surface area contributed by atoms with Gasteiger partial charge >= 0.3 is 0 Å². The Bertz CT molecular complexity index is 1000. The molecule has 1 aliphatic rings. The molecule has 0 bridgehead atoms. The number of carbonyl (C=O) groups is 1. The lowest BCUT2D eigenvalue weighted by Crippen LogP contribution is -2.41. The predicted octanol–water partition coefficient (Wildman–Crippen LogP) is 3.68. The van der Waals surface area contributed by atoms with Gasteiger partial charge in [0.2, 0.25) is 0 Å². The zero-order chi connectivity index (χ0) is 20.9. The summed E-state index contributed by atoms with van der Waals surface area (Å²) >= 11 is 0. The minimum atomic E-state index is -1.24. The molecule has 1 aliphatic carbocycles. The Morgan fingerprint density at radius 3 is 2.57 bits per heavy atom. The maximum atomic E-state index is 12.5. The summed E-state index contributed by atoms with van der Waals surface area (Å²) < 4.78 is 5.75. The average Bonchev–Trinajstić information content (AvgIpc) is 2.78. The van der Waals surface area contributed by atoms with Crippen molar-refractivity contribution in [3.63, 3.8) is 0 Å². The molecule has 0 heterocycles. The highest BCUT2D eigenvalue weighted by molar-refractivity contribution is 5.82. The van der Waals surface area contributed by atoms with Crippen LogP contribution in [0.1, 0.15) is 34.8 Å². The average molecular weight is 403 g/mol. The summed E-state index contributed by atoms with van der Waals surface area (Å²) in [5.74, 6) is 0.496. The molecule has 2 atom stereocenters. The minimum Gasteiger partial charge on any atom is -0.508 e. The summed E-state index contributed by atoms with van der Waals surface area (Å²) in [6, 6.07) is 22.1. The summed E-state index contributed by atoms with van der Waals surface area (Å²) in [5, 5.41) is 23.1. The molecule has 0 radical (unpaired) electrons. The zero-order valence-corrected chi connectivity index (χ0v) is 16.6. The number of phenols is 1. The first-order valence-corrected chi connectivity index (χ1v) is 10.1. The topological polar surface area (TPSA) is 78.8 Å². The number of amides is 1. The fraction of sp³-hybridized carbons (Fsp3) is 0.240. The molecule has 5 nitrogen and oxygen atoms in total. The van der Waals surface area contributed by atoms with Gasteiger partial charge in [-0.1, -0.05) is 48.5 Å². The summed E-state index contributed by atoms with van der Waals surface area (Å²) in [6.07, 6.45) is 1.06. The van der Waals surface area contributed by atoms with Crippen LogP contribution in [-0.2, 0) is 24.2 Å². The van der Waals surface area contributed by atoms with Crippen molar-refractivity contribution in [1.29, 1.82) is 0 Å². The number of aromatic hydroxyl groups is 1. The third-order valence-corrected chi connectivity index (χ3v) is 5.46. The standard InChI is InChI=1S/C25H25NO4/c27-22-11-7-18-6-10-21(14-20(18)15-22)26-25(29)24(28)19-8-12-23(13-9-19)30-16-17-4-2-1-3-5-17/h1-5,7-9,11-13,15,21,24,27-28H,6,10,14,16H2,(H,26,29)/t21-,24-/m0/s1. The van der Waals surface area contributed by atoms with Crippen molar-refractivity contribution in [1.82, 2.24) is 5.32 Å². The monoisotopic (exact) mass is 403 g/mol. The van der Waals surface area contributed by atoms with Crippen LogP contribution in [0, 0.1) is 0 Å². The molecule has 30 heavy (non-hydrogen) atoms. The van der Waals surface area contributed by atoms with Crippen molar-refractivity contribution >= 4 is 5.91 Å². The van der Waals surface area contributed by atoms with Crippen molar-refractivity contribution < 1.29 is 19.7 Å². The number of carbonyl (C=O) groups excluding carboxylic acids is 1. The number of nitrogens with one attached hydrogen (secondary N) is 1. The molecule has 0 saturated heterocycles. The van der Waals surface area contributed by atoms with E-state index in [4.69, 9.17) is 4.74 Å². The SMILES string of the molecule is O=C(N[C@H]1CCc2ccc(O)cc2C1)[C@@H](O)c1ccc(OCc2ccccc2)cc1. The number of aliphatic hydroxyl groups excluding tert-OH is 1. The lowest BCUT2D eigenvalue weighted by atomic mass is 9.88. The first kappa shape index (κ1) is 20.0. The molecule has 4 rings (SSSR count). The first-order valence-electron chi connectivity index (χ1n) is 10.1. The number of rotatable bonds is 6. The Kier molecular flexibility index (Phi) is 6.00. The molecule has 0 aromatic heterocycles. The van der Waals surface area contributed by atoms with E-state index in [1.54, 1.807) is 36.4 Å². The molecule has 3 aromatic rings. The fourth-order valence-electron chi connectivity index (χ4n) is 3.79. The van der Waals surface area contributed by atoms with E-state index in [0.717, 1.165) is 24.0 Å². The highest BCUT2D eigenvalue weighted by atomic mass is 16.5. The number of ether oxygens (including phenoxy) is 1. The minimum absolute atomic E-state index is 0.0603. The summed E-state index contributed by atoms with van der Waals surface area (Å²) in [6.45, 7) is 0.460. The second kappa shape index (κ2) is 9.01. The number of benzene rings is 3. The zero-order valence-electron chi connectivity index (χ0n) is 16.6. The van der Waals surface area contributed by atoms with Crippen LogP contribution < -0.4 is 10.1 Å². The molecule has 3 N–H and O–H groups in total. The molecular formula is C25H25NO4. The lowest BCUT2D eigenvalue weighted by molar-refractivity contribution is -0.130. The Hall–Kier alpha value is -3.31. The number of hydrogen-bond donors (Lipinski definition) is 3. The van der Waals surface area contributed by atoms with Gasteiger partial charge in [0.05, 0.1) is 0 Å². The quantitative estimate of drug-likeness (QED) is 0.587. The molecule has 3 aromatic carbocycles. The van der Waals surface area contributed by atoms with E-state index in [1.165, 1.54) is 5.56 Å². The maximum absolute atomic E-state index is 12.5. The van der Waals surface area contributed by atoms with Gasteiger partial charge < -0.3 is 20.3 Å². The smallest absolute Gasteiger partial charge is 0.253 e. The van der Waals surface area contributed by atoms with Crippen LogP contribution >= 0.6 is 0 Å². The van der Waals surface area contributed by atoms with Gasteiger partial charge in [-0.05, 0) is 65.8 Å². The van der Waals surface area contributed by atoms with Gasteiger partial charge in [0, 0.05) is 6.04 Å². The van der Waals surface area contributed by atoms with Crippen LogP contribution in [0.2, 0.25) is 0 Å². The van der Waals surface area contributed by atoms with Gasteiger partial charge in [-0.2, -0.15) is 0 Å². The number of hydrogen-bond acceptors (Lipinski definition) is 4. The van der Waals surface area contributed by atoms with Gasteiger partial charge in [-0.3, -0.25) is 4.79 Å². The third-order valence-electron chi connectivity index (χ3n) is 5.46. The van der Waals surface area contributed by atoms with Crippen LogP contribution in [0.4, 0.5) is 0 Å². The molecule has 0 aliphatic heterocycles. The molecule has 5 heteroatoms. The van der Waals surface area contributed by atoms with E-state index in [2.05, 4.69) is 5.32 Å². The normalized spacial score (nSPS) is 16.4. The Balaban J connectivity index is 1.32. The van der Waals surface area contributed by atoms with E-state index in [-0.39, 0.29) is 11.8 Å². The van der Waals surface area contributed by atoms with Crippen molar-refractivity contribution in [2.24, 2.45) is 0 Å². The van der Waals surface area contributed by atoms with E-state index in [9.17, 15) is 15.0 Å². The Morgan fingerprint density at radius 1 is 1.03 bits per heavy atom. The van der Waals surface area contributed by atoms with Crippen LogP contribution in [-0.4, -0.2) is 22.2 Å². The second-order valence-corrected chi connectivity index (χ2v) is 7.65. The Labute approximate surface area is 176 Å². The van der Waals surface area contributed by atoms with Crippen molar-refractivity contribution in [2.75, 3.05) is 0 Å². The molecule has 0 unspecified atom stereocenters. The predicted molar refractivity (Wildman–Crippen MR) is 114 cm³/mol. The van der Waals surface area contributed by atoms with Crippen molar-refractivity contribution in [3.05, 3.63) is 95.1 Å². The Morgan fingerprint density at radius 2 is 1.80 bits per heavy atom. The first-order chi connectivity index (χ1) is 14.6. The van der Waals surface area contributed by atoms with Crippen LogP contribution in [0.15, 0.2) is 72.8 Å². The van der Waals surface area contributed by atoms with Gasteiger partial charge in [-0.15, -0.1) is 0 Å². The summed E-state index contributed by atoms with van der Waals surface area (Å²) in [4.78, 5) is 12.5. The highest BCUT2D eigenvalue weighted by Crippen LogP contribution is 2.26. The molecule has 1 amide bonds. The summed E-state index contributed by atoms with van der Waals surface area (Å²) in [7, 11) is 0. The van der Waals surface area contributed by atoms with E-state index >= 15 is 0 Å². The molecular weight excluding hydrogens is 378 g/mol. The highest BCUT2D eigenvalue weighted by Gasteiger charge is 2.24. The van der Waals surface area contributed by atoms with Crippen molar-refractivity contribution in [2.45, 2.75) is 38.0 Å². The largest absolute Gasteiger partial charge is 0.508 e. The molecule has 0 saturated carbocycles. The van der Waals surface area contributed by atoms with E-state index in [1.807, 2.05) is 36.4 Å². The number of aliphatic hydroxyl groups is 1. The van der Waals surface area contributed by atoms with Gasteiger partial charge in [0.15, 0.2) is 6.10 Å². The third kappa shape index (κ3) is 4.81. The number of phenolic OH excluding ortho intramolecular Hbond substituents is 1.